The van der Waals surface area contributed by atoms with Gasteiger partial charge in [-0.2, -0.15) is 13.7 Å². The van der Waals surface area contributed by atoms with Crippen molar-refractivity contribution in [1.82, 2.24) is 14.9 Å². The zero-order valence-corrected chi connectivity index (χ0v) is 34.1. The molecule has 0 atom stereocenters. The summed E-state index contributed by atoms with van der Waals surface area (Å²) in [5.74, 6) is -5.67. The molecule has 306 valence electrons. The highest BCUT2D eigenvalue weighted by Gasteiger charge is 2.55. The number of rotatable bonds is 9. The first-order valence-electron chi connectivity index (χ1n) is 19.2. The van der Waals surface area contributed by atoms with Gasteiger partial charge in [0, 0.05) is 28.9 Å². The average molecular weight is 798 g/mol. The van der Waals surface area contributed by atoms with Crippen LogP contribution in [0.2, 0.25) is 0 Å². The average Bonchev–Trinajstić information content (AvgIpc) is 3.37. The van der Waals surface area contributed by atoms with Crippen LogP contribution in [-0.2, 0) is 27.5 Å². The van der Waals surface area contributed by atoms with Crippen molar-refractivity contribution in [2.45, 2.75) is 110 Å². The number of carbonyl (C=O) groups excluding carboxylic acids is 4. The fraction of sp³-hybridized carbons (Fsp3) is 0.409. The molecule has 2 aliphatic rings. The summed E-state index contributed by atoms with van der Waals surface area (Å²) in [6.45, 7) is 11.5. The molecule has 1 aliphatic heterocycles. The Labute approximate surface area is 336 Å². The Morgan fingerprint density at radius 1 is 0.862 bits per heavy atom. The van der Waals surface area contributed by atoms with Crippen molar-refractivity contribution in [1.29, 1.82) is 0 Å². The molecule has 1 aliphatic carbocycles. The van der Waals surface area contributed by atoms with Gasteiger partial charge in [0.1, 0.15) is 29.1 Å². The van der Waals surface area contributed by atoms with E-state index in [0.717, 1.165) is 37.2 Å². The van der Waals surface area contributed by atoms with Gasteiger partial charge in [-0.15, -0.1) is 0 Å². The second kappa shape index (κ2) is 15.8. The van der Waals surface area contributed by atoms with Crippen LogP contribution < -0.4 is 15.0 Å². The summed E-state index contributed by atoms with van der Waals surface area (Å²) in [4.78, 5) is 66.4. The number of ether oxygens (including phenoxy) is 3. The minimum atomic E-state index is -4.14. The van der Waals surface area contributed by atoms with Crippen molar-refractivity contribution < 1.29 is 42.2 Å². The van der Waals surface area contributed by atoms with Crippen LogP contribution in [0.5, 0.6) is 5.75 Å². The van der Waals surface area contributed by atoms with Crippen molar-refractivity contribution in [2.75, 3.05) is 17.3 Å². The molecule has 0 radical (unpaired) electrons. The van der Waals surface area contributed by atoms with Gasteiger partial charge in [-0.25, -0.2) is 19.6 Å². The van der Waals surface area contributed by atoms with Crippen LogP contribution >= 0.6 is 0 Å². The third kappa shape index (κ3) is 8.37. The number of carbonyl (C=O) groups is 4. The van der Waals surface area contributed by atoms with Crippen molar-refractivity contribution >= 4 is 41.2 Å². The van der Waals surface area contributed by atoms with Gasteiger partial charge in [0.25, 0.3) is 5.91 Å². The quantitative estimate of drug-likeness (QED) is 0.163. The van der Waals surface area contributed by atoms with Crippen LogP contribution in [0.25, 0.3) is 0 Å². The molecule has 6 rings (SSSR count). The van der Waals surface area contributed by atoms with E-state index in [1.807, 2.05) is 12.1 Å². The third-order valence-electron chi connectivity index (χ3n) is 10.1. The topological polar surface area (TPSA) is 140 Å². The van der Waals surface area contributed by atoms with Crippen LogP contribution in [0.4, 0.5) is 35.7 Å². The van der Waals surface area contributed by atoms with Crippen molar-refractivity contribution in [3.05, 3.63) is 106 Å². The van der Waals surface area contributed by atoms with Gasteiger partial charge in [0.05, 0.1) is 18.2 Å². The maximum absolute atomic E-state index is 17.0. The number of hydrogen-bond acceptors (Lipinski definition) is 10. The molecule has 14 heteroatoms. The Balaban J connectivity index is 1.51. The summed E-state index contributed by atoms with van der Waals surface area (Å²) in [5, 5.41) is 3.11. The van der Waals surface area contributed by atoms with Gasteiger partial charge in [0.15, 0.2) is 5.82 Å². The molecule has 2 heterocycles. The third-order valence-corrected chi connectivity index (χ3v) is 10.1. The SMILES string of the molecule is COc1ccc(CN2C(=O)c3c(C(F)(F)C(=O)c4ccccc4)cc(Nc4ncnc(N(C(=O)OC(C)(C)C)C(=O)OC(C)(C)C)c4C)cc3C23CCCCC3)cc1. The van der Waals surface area contributed by atoms with Gasteiger partial charge in [-0.3, -0.25) is 9.59 Å². The number of fused-ring (bicyclic) bond motifs is 2. The van der Waals surface area contributed by atoms with E-state index in [1.54, 1.807) is 84.7 Å². The number of halogens is 2. The molecule has 1 saturated carbocycles. The van der Waals surface area contributed by atoms with Crippen molar-refractivity contribution in [3.8, 4) is 5.75 Å². The summed E-state index contributed by atoms with van der Waals surface area (Å²) in [6, 6.07) is 17.2. The van der Waals surface area contributed by atoms with Crippen LogP contribution in [0.3, 0.4) is 0 Å². The molecule has 1 aromatic heterocycles. The fourth-order valence-corrected chi connectivity index (χ4v) is 7.53. The normalized spacial score (nSPS) is 15.1. The van der Waals surface area contributed by atoms with Gasteiger partial charge in [0.2, 0.25) is 5.78 Å². The number of anilines is 3. The fourth-order valence-electron chi connectivity index (χ4n) is 7.53. The van der Waals surface area contributed by atoms with E-state index in [9.17, 15) is 19.2 Å². The highest BCUT2D eigenvalue weighted by atomic mass is 19.3. The van der Waals surface area contributed by atoms with E-state index in [-0.39, 0.29) is 40.6 Å². The number of aromatic nitrogens is 2. The number of nitrogens with one attached hydrogen (secondary N) is 1. The summed E-state index contributed by atoms with van der Waals surface area (Å²) in [6.07, 6.45) is 2.43. The van der Waals surface area contributed by atoms with E-state index in [1.165, 1.54) is 24.3 Å². The molecule has 3 aromatic carbocycles. The first-order chi connectivity index (χ1) is 27.3. The maximum Gasteiger partial charge on any atom is 0.425 e. The molecular formula is C44H49F2N5O7. The molecule has 0 bridgehead atoms. The lowest BCUT2D eigenvalue weighted by Gasteiger charge is -2.42. The van der Waals surface area contributed by atoms with Crippen molar-refractivity contribution in [2.24, 2.45) is 0 Å². The largest absolute Gasteiger partial charge is 0.497 e. The first-order valence-corrected chi connectivity index (χ1v) is 19.2. The lowest BCUT2D eigenvalue weighted by molar-refractivity contribution is 0.00679. The molecule has 3 amide bonds. The Morgan fingerprint density at radius 3 is 2.03 bits per heavy atom. The van der Waals surface area contributed by atoms with Crippen LogP contribution in [0.15, 0.2) is 73.1 Å². The summed E-state index contributed by atoms with van der Waals surface area (Å²) in [5.41, 5.74) is -2.67. The lowest BCUT2D eigenvalue weighted by atomic mass is 9.75. The predicted octanol–water partition coefficient (Wildman–Crippen LogP) is 10.0. The van der Waals surface area contributed by atoms with Gasteiger partial charge >= 0.3 is 18.1 Å². The first kappa shape index (κ1) is 41.7. The highest BCUT2D eigenvalue weighted by Crippen LogP contribution is 2.53. The number of methoxy groups -OCH3 is 1. The van der Waals surface area contributed by atoms with Crippen LogP contribution in [-0.4, -0.2) is 57.1 Å². The molecule has 1 spiro atoms. The number of imide groups is 1. The van der Waals surface area contributed by atoms with Crippen LogP contribution in [0, 0.1) is 6.92 Å². The summed E-state index contributed by atoms with van der Waals surface area (Å²) < 4.78 is 50.4. The Hall–Kier alpha value is -5.92. The molecule has 0 saturated heterocycles. The Kier molecular flexibility index (Phi) is 11.4. The summed E-state index contributed by atoms with van der Waals surface area (Å²) in [7, 11) is 1.55. The minimum Gasteiger partial charge on any atom is -0.497 e. The van der Waals surface area contributed by atoms with E-state index in [2.05, 4.69) is 15.3 Å². The minimum absolute atomic E-state index is 0.0582. The standard InChI is InChI=1S/C44H49F2N5O7/c1-27-36(47-26-48-37(27)51(39(54)57-41(2,3)4)40(55)58-42(5,6)7)49-30-23-32-34(33(24-30)44(45,46)35(52)29-15-11-9-12-16-29)38(53)50(43(32)21-13-10-14-22-43)25-28-17-19-31(56-8)20-18-28/h9,11-12,15-20,23-24,26H,10,13-14,21-22,25H2,1-8H3,(H,47,48,49). The zero-order valence-electron chi connectivity index (χ0n) is 34.1. The zero-order chi connectivity index (χ0) is 42.2. The van der Waals surface area contributed by atoms with Gasteiger partial charge in [-0.1, -0.05) is 61.7 Å². The van der Waals surface area contributed by atoms with E-state index in [0.29, 0.717) is 29.1 Å². The number of ketones is 1. The smallest absolute Gasteiger partial charge is 0.425 e. The number of hydrogen-bond donors (Lipinski definition) is 1. The lowest BCUT2D eigenvalue weighted by Crippen LogP contribution is -2.44. The van der Waals surface area contributed by atoms with Gasteiger partial charge < -0.3 is 24.4 Å². The number of alkyl halides is 2. The van der Waals surface area contributed by atoms with Crippen LogP contribution in [0.1, 0.15) is 117 Å². The number of nitrogens with zero attached hydrogens (tertiary/aromatic N) is 4. The van der Waals surface area contributed by atoms with Crippen molar-refractivity contribution in [3.63, 3.8) is 0 Å². The van der Waals surface area contributed by atoms with E-state index < -0.39 is 52.1 Å². The molecule has 0 unspecified atom stereocenters. The molecule has 4 aromatic rings. The summed E-state index contributed by atoms with van der Waals surface area (Å²) >= 11 is 0. The monoisotopic (exact) mass is 797 g/mol. The highest BCUT2D eigenvalue weighted by molar-refractivity contribution is 6.10. The Morgan fingerprint density at radius 2 is 1.47 bits per heavy atom. The number of amides is 3. The molecule has 12 nitrogen and oxygen atoms in total. The molecular weight excluding hydrogens is 749 g/mol. The molecule has 1 fully saturated rings. The second-order valence-corrected chi connectivity index (χ2v) is 16.6. The van der Waals surface area contributed by atoms with E-state index in [4.69, 9.17) is 14.2 Å². The molecule has 1 N–H and O–H groups in total. The van der Waals surface area contributed by atoms with Gasteiger partial charge in [-0.05, 0) is 96.7 Å². The number of benzene rings is 3. The second-order valence-electron chi connectivity index (χ2n) is 16.6. The molecule has 58 heavy (non-hydrogen) atoms. The maximum atomic E-state index is 17.0. The predicted molar refractivity (Wildman–Crippen MR) is 214 cm³/mol. The van der Waals surface area contributed by atoms with E-state index >= 15 is 8.78 Å². The Bertz CT molecular complexity index is 2180. The number of Topliss-reactive ketones (excluding diaryl/α,β-unsaturated/α-hetero) is 1.